The highest BCUT2D eigenvalue weighted by Crippen LogP contribution is 2.22. The zero-order valence-electron chi connectivity index (χ0n) is 11.8. The number of hydrogen-bond acceptors (Lipinski definition) is 4. The van der Waals surface area contributed by atoms with Crippen molar-refractivity contribution >= 4 is 24.3 Å². The van der Waals surface area contributed by atoms with Gasteiger partial charge in [-0.3, -0.25) is 9.59 Å². The molecule has 110 valence electrons. The Labute approximate surface area is 120 Å². The van der Waals surface area contributed by atoms with Gasteiger partial charge in [-0.2, -0.15) is 12.6 Å². The van der Waals surface area contributed by atoms with Crippen molar-refractivity contribution in [3.05, 3.63) is 0 Å². The summed E-state index contributed by atoms with van der Waals surface area (Å²) < 4.78 is 0. The Bertz CT molecular complexity index is 322. The molecule has 0 saturated carbocycles. The molecular weight excluding hydrogens is 262 g/mol. The molecule has 0 bridgehead atoms. The van der Waals surface area contributed by atoms with Gasteiger partial charge < -0.3 is 10.4 Å². The minimum Gasteiger partial charge on any atom is -0.390 e. The number of aliphatic hydroxyl groups excluding tert-OH is 1. The van der Waals surface area contributed by atoms with Gasteiger partial charge in [-0.15, -0.1) is 0 Å². The summed E-state index contributed by atoms with van der Waals surface area (Å²) in [6.45, 7) is 3.50. The number of amides is 1. The molecule has 0 aromatic carbocycles. The minimum absolute atomic E-state index is 0.258. The monoisotopic (exact) mass is 287 g/mol. The van der Waals surface area contributed by atoms with Gasteiger partial charge in [0.1, 0.15) is 11.7 Å². The van der Waals surface area contributed by atoms with Crippen molar-refractivity contribution in [2.24, 2.45) is 5.92 Å². The molecule has 1 aliphatic heterocycles. The normalized spacial score (nSPS) is 28.2. The maximum absolute atomic E-state index is 11.6. The standard InChI is InChI=1S/C14H25NO3S/c1-3-6-10(19)7-4-5-8-11-13(17)12(9(2)16)14(18)15-11/h10-13,17,19H,3-8H2,1-2H3,(H,15,18). The lowest BCUT2D eigenvalue weighted by Crippen LogP contribution is -2.32. The molecule has 4 unspecified atom stereocenters. The second-order valence-corrected chi connectivity index (χ2v) is 6.15. The van der Waals surface area contributed by atoms with Gasteiger partial charge in [-0.25, -0.2) is 0 Å². The van der Waals surface area contributed by atoms with E-state index >= 15 is 0 Å². The Morgan fingerprint density at radius 2 is 2.11 bits per heavy atom. The van der Waals surface area contributed by atoms with Crippen molar-refractivity contribution in [1.82, 2.24) is 5.32 Å². The Kier molecular flexibility index (Phi) is 6.86. The number of unbranched alkanes of at least 4 members (excludes halogenated alkanes) is 1. The number of aliphatic hydroxyl groups is 1. The van der Waals surface area contributed by atoms with E-state index in [1.807, 2.05) is 0 Å². The molecule has 19 heavy (non-hydrogen) atoms. The first kappa shape index (κ1) is 16.5. The van der Waals surface area contributed by atoms with E-state index in [0.29, 0.717) is 5.25 Å². The molecule has 0 spiro atoms. The molecular formula is C14H25NO3S. The Morgan fingerprint density at radius 1 is 1.42 bits per heavy atom. The SMILES string of the molecule is CCCC(S)CCCCC1NC(=O)C(C(C)=O)C1O. The molecule has 1 rings (SSSR count). The second kappa shape index (κ2) is 7.90. The van der Waals surface area contributed by atoms with Gasteiger partial charge in [-0.1, -0.05) is 26.2 Å². The van der Waals surface area contributed by atoms with Crippen molar-refractivity contribution in [2.75, 3.05) is 0 Å². The van der Waals surface area contributed by atoms with E-state index in [1.54, 1.807) is 0 Å². The molecule has 1 heterocycles. The van der Waals surface area contributed by atoms with Gasteiger partial charge in [0.25, 0.3) is 0 Å². The number of carbonyl (C=O) groups excluding carboxylic acids is 2. The molecule has 0 aromatic rings. The third-order valence-corrected chi connectivity index (χ3v) is 4.24. The molecule has 4 nitrogen and oxygen atoms in total. The van der Waals surface area contributed by atoms with E-state index in [1.165, 1.54) is 6.92 Å². The summed E-state index contributed by atoms with van der Waals surface area (Å²) in [4.78, 5) is 22.8. The molecule has 1 saturated heterocycles. The first-order chi connectivity index (χ1) is 8.97. The van der Waals surface area contributed by atoms with Crippen LogP contribution >= 0.6 is 12.6 Å². The summed E-state index contributed by atoms with van der Waals surface area (Å²) in [6.07, 6.45) is 5.16. The van der Waals surface area contributed by atoms with Crippen LogP contribution in [0.1, 0.15) is 52.4 Å². The average Bonchev–Trinajstić information content (AvgIpc) is 2.60. The van der Waals surface area contributed by atoms with Crippen LogP contribution in [0, 0.1) is 5.92 Å². The molecule has 0 aliphatic carbocycles. The van der Waals surface area contributed by atoms with E-state index in [-0.39, 0.29) is 17.7 Å². The number of rotatable bonds is 8. The Morgan fingerprint density at radius 3 is 2.63 bits per heavy atom. The van der Waals surface area contributed by atoms with Gasteiger partial charge >= 0.3 is 0 Å². The zero-order chi connectivity index (χ0) is 14.4. The van der Waals surface area contributed by atoms with Gasteiger partial charge in [0.05, 0.1) is 12.1 Å². The van der Waals surface area contributed by atoms with Gasteiger partial charge in [-0.05, 0) is 26.2 Å². The van der Waals surface area contributed by atoms with Crippen LogP contribution in [-0.2, 0) is 9.59 Å². The molecule has 0 aromatic heterocycles. The number of thiol groups is 1. The predicted molar refractivity (Wildman–Crippen MR) is 78.3 cm³/mol. The number of carbonyl (C=O) groups is 2. The maximum atomic E-state index is 11.6. The maximum Gasteiger partial charge on any atom is 0.233 e. The van der Waals surface area contributed by atoms with Gasteiger partial charge in [0.15, 0.2) is 0 Å². The second-order valence-electron chi connectivity index (χ2n) is 5.42. The lowest BCUT2D eigenvalue weighted by Gasteiger charge is -2.16. The molecule has 1 aliphatic rings. The quantitative estimate of drug-likeness (QED) is 0.362. The van der Waals surface area contributed by atoms with E-state index < -0.39 is 12.0 Å². The Balaban J connectivity index is 2.27. The first-order valence-corrected chi connectivity index (χ1v) is 7.66. The van der Waals surface area contributed by atoms with Crippen molar-refractivity contribution in [1.29, 1.82) is 0 Å². The van der Waals surface area contributed by atoms with Crippen LogP contribution in [0.3, 0.4) is 0 Å². The largest absolute Gasteiger partial charge is 0.390 e. The van der Waals surface area contributed by atoms with E-state index in [9.17, 15) is 14.7 Å². The number of Topliss-reactive ketones (excluding diaryl/α,β-unsaturated/α-hetero) is 1. The highest BCUT2D eigenvalue weighted by Gasteiger charge is 2.43. The fourth-order valence-electron chi connectivity index (χ4n) is 2.64. The highest BCUT2D eigenvalue weighted by atomic mass is 32.1. The molecule has 4 atom stereocenters. The fourth-order valence-corrected chi connectivity index (χ4v) is 3.08. The number of nitrogens with one attached hydrogen (secondary N) is 1. The average molecular weight is 287 g/mol. The third-order valence-electron chi connectivity index (χ3n) is 3.73. The van der Waals surface area contributed by atoms with Crippen LogP contribution in [0.2, 0.25) is 0 Å². The molecule has 1 amide bonds. The summed E-state index contributed by atoms with van der Waals surface area (Å²) in [5, 5.41) is 13.1. The fraction of sp³-hybridized carbons (Fsp3) is 0.857. The van der Waals surface area contributed by atoms with Crippen LogP contribution < -0.4 is 5.32 Å². The third kappa shape index (κ3) is 4.80. The van der Waals surface area contributed by atoms with Crippen LogP contribution in [0.25, 0.3) is 0 Å². The lowest BCUT2D eigenvalue weighted by atomic mass is 9.94. The zero-order valence-corrected chi connectivity index (χ0v) is 12.7. The number of ketones is 1. The minimum atomic E-state index is -0.872. The summed E-state index contributed by atoms with van der Waals surface area (Å²) in [7, 11) is 0. The van der Waals surface area contributed by atoms with E-state index in [0.717, 1.165) is 38.5 Å². The summed E-state index contributed by atoms with van der Waals surface area (Å²) >= 11 is 4.50. The molecule has 2 N–H and O–H groups in total. The molecule has 1 fully saturated rings. The van der Waals surface area contributed by atoms with Crippen LogP contribution in [0.4, 0.5) is 0 Å². The Hall–Kier alpha value is -0.550. The van der Waals surface area contributed by atoms with Gasteiger partial charge in [0.2, 0.25) is 5.91 Å². The topological polar surface area (TPSA) is 66.4 Å². The summed E-state index contributed by atoms with van der Waals surface area (Å²) in [5.74, 6) is -1.46. The smallest absolute Gasteiger partial charge is 0.233 e. The van der Waals surface area contributed by atoms with Crippen molar-refractivity contribution in [3.8, 4) is 0 Å². The van der Waals surface area contributed by atoms with Crippen LogP contribution in [-0.4, -0.2) is 34.2 Å². The van der Waals surface area contributed by atoms with Crippen molar-refractivity contribution in [3.63, 3.8) is 0 Å². The highest BCUT2D eigenvalue weighted by molar-refractivity contribution is 7.80. The first-order valence-electron chi connectivity index (χ1n) is 7.14. The van der Waals surface area contributed by atoms with Crippen LogP contribution in [0.5, 0.6) is 0 Å². The van der Waals surface area contributed by atoms with Gasteiger partial charge in [0, 0.05) is 5.25 Å². The predicted octanol–water partition coefficient (Wildman–Crippen LogP) is 1.71. The van der Waals surface area contributed by atoms with Crippen molar-refractivity contribution < 1.29 is 14.7 Å². The summed E-state index contributed by atoms with van der Waals surface area (Å²) in [6, 6.07) is -0.272. The number of hydrogen-bond donors (Lipinski definition) is 3. The van der Waals surface area contributed by atoms with E-state index in [2.05, 4.69) is 24.9 Å². The molecule has 5 heteroatoms. The lowest BCUT2D eigenvalue weighted by molar-refractivity contribution is -0.132. The molecule has 0 radical (unpaired) electrons. The van der Waals surface area contributed by atoms with Crippen LogP contribution in [0.15, 0.2) is 0 Å². The summed E-state index contributed by atoms with van der Waals surface area (Å²) in [5.41, 5.74) is 0. The van der Waals surface area contributed by atoms with E-state index in [4.69, 9.17) is 0 Å². The van der Waals surface area contributed by atoms with Crippen molar-refractivity contribution in [2.45, 2.75) is 69.8 Å².